The molecule has 1 aliphatic carbocycles. The summed E-state index contributed by atoms with van der Waals surface area (Å²) in [4.78, 5) is 34.3. The monoisotopic (exact) mass is 473 g/mol. The second-order valence-electron chi connectivity index (χ2n) is 8.43. The largest absolute Gasteiger partial charge is 0.339 e. The van der Waals surface area contributed by atoms with Crippen molar-refractivity contribution < 1.29 is 18.0 Å². The van der Waals surface area contributed by atoms with E-state index in [-0.39, 0.29) is 35.1 Å². The first-order valence-corrected chi connectivity index (χ1v) is 13.5. The topological polar surface area (TPSA) is 87.7 Å². The molecule has 4 rings (SSSR count). The van der Waals surface area contributed by atoms with Crippen LogP contribution in [0.1, 0.15) is 32.1 Å². The van der Waals surface area contributed by atoms with Crippen molar-refractivity contribution in [1.82, 2.24) is 9.88 Å². The zero-order valence-electron chi connectivity index (χ0n) is 18.1. The maximum atomic E-state index is 13.3. The van der Waals surface area contributed by atoms with Crippen molar-refractivity contribution in [1.29, 1.82) is 0 Å². The van der Waals surface area contributed by atoms with Gasteiger partial charge in [0.25, 0.3) is 0 Å². The van der Waals surface area contributed by atoms with Gasteiger partial charge in [0.2, 0.25) is 11.8 Å². The number of nitrogens with zero attached hydrogens (tertiary/aromatic N) is 3. The van der Waals surface area contributed by atoms with Crippen LogP contribution in [-0.2, 0) is 19.4 Å². The van der Waals surface area contributed by atoms with Crippen molar-refractivity contribution in [2.24, 2.45) is 5.92 Å². The summed E-state index contributed by atoms with van der Waals surface area (Å²) in [5.74, 6) is -0.406. The fourth-order valence-corrected chi connectivity index (χ4v) is 5.95. The molecular formula is C23H27N3O4S2. The van der Waals surface area contributed by atoms with Crippen LogP contribution in [-0.4, -0.2) is 55.5 Å². The Morgan fingerprint density at radius 2 is 1.97 bits per heavy atom. The van der Waals surface area contributed by atoms with Gasteiger partial charge in [-0.05, 0) is 25.0 Å². The molecule has 0 radical (unpaired) electrons. The Balaban J connectivity index is 1.52. The number of carbonyl (C=O) groups is 2. The molecule has 0 unspecified atom stereocenters. The van der Waals surface area contributed by atoms with Gasteiger partial charge >= 0.3 is 0 Å². The van der Waals surface area contributed by atoms with Crippen LogP contribution in [0, 0.1) is 5.92 Å². The average molecular weight is 474 g/mol. The summed E-state index contributed by atoms with van der Waals surface area (Å²) < 4.78 is 23.4. The number of rotatable bonds is 7. The molecular weight excluding hydrogens is 446 g/mol. The van der Waals surface area contributed by atoms with Gasteiger partial charge in [-0.3, -0.25) is 14.5 Å². The number of carbonyl (C=O) groups excluding carboxylic acids is 2. The van der Waals surface area contributed by atoms with Crippen LogP contribution in [0.5, 0.6) is 0 Å². The Kier molecular flexibility index (Phi) is 6.48. The number of sulfone groups is 1. The summed E-state index contributed by atoms with van der Waals surface area (Å²) in [5.41, 5.74) is 1.44. The number of hydrogen-bond donors (Lipinski definition) is 0. The first kappa shape index (κ1) is 22.7. The smallest absolute Gasteiger partial charge is 0.234 e. The lowest BCUT2D eigenvalue weighted by Gasteiger charge is -2.25. The number of hydrogen-bond acceptors (Lipinski definition) is 6. The Morgan fingerprint density at radius 3 is 2.59 bits per heavy atom. The first-order chi connectivity index (χ1) is 15.3. The van der Waals surface area contributed by atoms with Gasteiger partial charge in [0.1, 0.15) is 0 Å². The molecule has 1 atom stereocenters. The third-order valence-electron chi connectivity index (χ3n) is 6.15. The Labute approximate surface area is 192 Å². The van der Waals surface area contributed by atoms with Gasteiger partial charge in [0.05, 0.1) is 16.5 Å². The second-order valence-corrected chi connectivity index (χ2v) is 11.3. The van der Waals surface area contributed by atoms with Crippen molar-refractivity contribution in [3.05, 3.63) is 42.3 Å². The lowest BCUT2D eigenvalue weighted by Crippen LogP contribution is -2.39. The molecule has 9 heteroatoms. The van der Waals surface area contributed by atoms with Crippen LogP contribution in [0.2, 0.25) is 0 Å². The molecule has 2 fully saturated rings. The summed E-state index contributed by atoms with van der Waals surface area (Å²) in [6.45, 7) is 4.56. The number of thiazole rings is 1. The number of anilines is 1. The SMILES string of the molecule is C=CCN(C(=O)[C@@H]1CC(=O)N(C2CCCC2)C1)c1nc(-c2ccc(S(C)(=O)=O)cc2)cs1. The lowest BCUT2D eigenvalue weighted by atomic mass is 10.1. The van der Waals surface area contributed by atoms with Gasteiger partial charge in [-0.1, -0.05) is 31.1 Å². The van der Waals surface area contributed by atoms with Gasteiger partial charge < -0.3 is 4.90 Å². The molecule has 1 saturated carbocycles. The van der Waals surface area contributed by atoms with Crippen molar-refractivity contribution >= 4 is 38.1 Å². The molecule has 170 valence electrons. The lowest BCUT2D eigenvalue weighted by molar-refractivity contribution is -0.130. The fraction of sp³-hybridized carbons (Fsp3) is 0.435. The molecule has 1 aromatic carbocycles. The molecule has 1 aromatic heterocycles. The van der Waals surface area contributed by atoms with E-state index in [1.165, 1.54) is 17.6 Å². The van der Waals surface area contributed by atoms with Gasteiger partial charge in [0, 0.05) is 42.8 Å². The maximum Gasteiger partial charge on any atom is 0.234 e. The van der Waals surface area contributed by atoms with Crippen molar-refractivity contribution in [2.75, 3.05) is 24.2 Å². The Morgan fingerprint density at radius 1 is 1.28 bits per heavy atom. The second kappa shape index (κ2) is 9.15. The highest BCUT2D eigenvalue weighted by Gasteiger charge is 2.40. The average Bonchev–Trinajstić information content (AvgIpc) is 3.51. The summed E-state index contributed by atoms with van der Waals surface area (Å²) in [7, 11) is -3.27. The van der Waals surface area contributed by atoms with Crippen LogP contribution in [0.3, 0.4) is 0 Å². The van der Waals surface area contributed by atoms with Crippen molar-refractivity contribution in [3.63, 3.8) is 0 Å². The molecule has 2 heterocycles. The quantitative estimate of drug-likeness (QED) is 0.574. The molecule has 2 aromatic rings. The van der Waals surface area contributed by atoms with Crippen LogP contribution >= 0.6 is 11.3 Å². The highest BCUT2D eigenvalue weighted by molar-refractivity contribution is 7.90. The first-order valence-electron chi connectivity index (χ1n) is 10.8. The number of amides is 2. The molecule has 32 heavy (non-hydrogen) atoms. The fourth-order valence-electron chi connectivity index (χ4n) is 4.47. The highest BCUT2D eigenvalue weighted by Crippen LogP contribution is 2.33. The molecule has 2 aliphatic rings. The molecule has 1 aliphatic heterocycles. The van der Waals surface area contributed by atoms with Crippen LogP contribution in [0.15, 0.2) is 47.2 Å². The summed E-state index contributed by atoms with van der Waals surface area (Å²) in [6, 6.07) is 6.80. The molecule has 0 bridgehead atoms. The van der Waals surface area contributed by atoms with E-state index in [4.69, 9.17) is 0 Å². The highest BCUT2D eigenvalue weighted by atomic mass is 32.2. The number of likely N-dealkylation sites (tertiary alicyclic amines) is 1. The van der Waals surface area contributed by atoms with E-state index in [9.17, 15) is 18.0 Å². The standard InChI is InChI=1S/C23H27N3O4S2/c1-3-12-25(22(28)17-13-21(27)26(14-17)18-6-4-5-7-18)23-24-20(15-31-23)16-8-10-19(11-9-16)32(2,29)30/h3,8-11,15,17-18H,1,4-7,12-14H2,2H3/t17-/m1/s1. The maximum absolute atomic E-state index is 13.3. The van der Waals surface area contributed by atoms with E-state index in [1.807, 2.05) is 10.3 Å². The van der Waals surface area contributed by atoms with Crippen LogP contribution in [0.4, 0.5) is 5.13 Å². The predicted octanol–water partition coefficient (Wildman–Crippen LogP) is 3.52. The van der Waals surface area contributed by atoms with Gasteiger partial charge in [-0.2, -0.15) is 0 Å². The van der Waals surface area contributed by atoms with E-state index in [0.29, 0.717) is 23.9 Å². The zero-order valence-corrected chi connectivity index (χ0v) is 19.7. The van der Waals surface area contributed by atoms with E-state index in [0.717, 1.165) is 31.2 Å². The molecule has 2 amide bonds. The molecule has 1 saturated heterocycles. The van der Waals surface area contributed by atoms with E-state index < -0.39 is 9.84 Å². The minimum absolute atomic E-state index is 0.0691. The molecule has 0 N–H and O–H groups in total. The van der Waals surface area contributed by atoms with Crippen LogP contribution < -0.4 is 4.90 Å². The minimum atomic E-state index is -3.27. The van der Waals surface area contributed by atoms with Crippen molar-refractivity contribution in [3.8, 4) is 11.3 Å². The van der Waals surface area contributed by atoms with Crippen molar-refractivity contribution in [2.45, 2.75) is 43.0 Å². The zero-order chi connectivity index (χ0) is 22.9. The summed E-state index contributed by atoms with van der Waals surface area (Å²) in [6.07, 6.45) is 7.41. The van der Waals surface area contributed by atoms with Gasteiger partial charge in [-0.15, -0.1) is 17.9 Å². The van der Waals surface area contributed by atoms with Crippen LogP contribution in [0.25, 0.3) is 11.3 Å². The summed E-state index contributed by atoms with van der Waals surface area (Å²) >= 11 is 1.35. The number of benzene rings is 1. The Bertz CT molecular complexity index is 1120. The van der Waals surface area contributed by atoms with Gasteiger partial charge in [-0.25, -0.2) is 13.4 Å². The molecule has 0 spiro atoms. The minimum Gasteiger partial charge on any atom is -0.339 e. The third kappa shape index (κ3) is 4.63. The number of aromatic nitrogens is 1. The molecule has 7 nitrogen and oxygen atoms in total. The van der Waals surface area contributed by atoms with Gasteiger partial charge in [0.15, 0.2) is 15.0 Å². The van der Waals surface area contributed by atoms with E-state index >= 15 is 0 Å². The van der Waals surface area contributed by atoms with E-state index in [1.54, 1.807) is 35.2 Å². The predicted molar refractivity (Wildman–Crippen MR) is 125 cm³/mol. The third-order valence-corrected chi connectivity index (χ3v) is 8.14. The normalized spacial score (nSPS) is 19.5. The Hall–Kier alpha value is -2.52. The van der Waals surface area contributed by atoms with E-state index in [2.05, 4.69) is 11.6 Å². The summed E-state index contributed by atoms with van der Waals surface area (Å²) in [5, 5.41) is 2.39.